The van der Waals surface area contributed by atoms with Gasteiger partial charge in [-0.1, -0.05) is 66.7 Å². The lowest BCUT2D eigenvalue weighted by Gasteiger charge is -2.27. The first-order valence-corrected chi connectivity index (χ1v) is 8.74. The molecule has 0 atom stereocenters. The molecule has 0 aliphatic rings. The van der Waals surface area contributed by atoms with Crippen LogP contribution < -0.4 is 15.8 Å². The summed E-state index contributed by atoms with van der Waals surface area (Å²) in [7, 11) is -3.10. The van der Waals surface area contributed by atoms with Gasteiger partial charge in [-0.2, -0.15) is 0 Å². The second kappa shape index (κ2) is 8.88. The standard InChI is InChI=1S/C20H21B2NO4/c24-21(25)19-12-6-4-8-16(19)14-23(18-10-2-1-3-11-18)15-17-9-5-7-13-20(17)22(26)27/h1-13,24-27H,14-15H2. The maximum Gasteiger partial charge on any atom is 0.488 e. The number of nitrogens with zero attached hydrogens (tertiary/aromatic N) is 1. The summed E-state index contributed by atoms with van der Waals surface area (Å²) >= 11 is 0. The summed E-state index contributed by atoms with van der Waals surface area (Å²) in [6, 6.07) is 24.1. The van der Waals surface area contributed by atoms with Gasteiger partial charge in [0.05, 0.1) is 0 Å². The number of benzene rings is 3. The third kappa shape index (κ3) is 4.78. The lowest BCUT2D eigenvalue weighted by atomic mass is 9.76. The fourth-order valence-electron chi connectivity index (χ4n) is 3.15. The Morgan fingerprint density at radius 3 is 1.41 bits per heavy atom. The van der Waals surface area contributed by atoms with E-state index in [9.17, 15) is 20.1 Å². The van der Waals surface area contributed by atoms with Crippen LogP contribution >= 0.6 is 0 Å². The maximum atomic E-state index is 9.67. The van der Waals surface area contributed by atoms with E-state index in [0.717, 1.165) is 16.8 Å². The molecule has 7 heteroatoms. The normalized spacial score (nSPS) is 10.5. The van der Waals surface area contributed by atoms with E-state index < -0.39 is 14.2 Å². The third-order valence-corrected chi connectivity index (χ3v) is 4.51. The Kier molecular flexibility index (Phi) is 6.32. The van der Waals surface area contributed by atoms with Crippen molar-refractivity contribution in [3.63, 3.8) is 0 Å². The molecule has 5 nitrogen and oxygen atoms in total. The molecule has 0 aliphatic heterocycles. The van der Waals surface area contributed by atoms with E-state index in [1.807, 2.05) is 54.6 Å². The van der Waals surface area contributed by atoms with Crippen LogP contribution in [0.1, 0.15) is 11.1 Å². The second-order valence-corrected chi connectivity index (χ2v) is 6.34. The molecule has 0 spiro atoms. The summed E-state index contributed by atoms with van der Waals surface area (Å²) in [5, 5.41) is 38.7. The highest BCUT2D eigenvalue weighted by molar-refractivity contribution is 6.59. The van der Waals surface area contributed by atoms with Gasteiger partial charge in [0, 0.05) is 18.8 Å². The van der Waals surface area contributed by atoms with Crippen molar-refractivity contribution in [2.45, 2.75) is 13.1 Å². The molecule has 0 saturated heterocycles. The predicted molar refractivity (Wildman–Crippen MR) is 109 cm³/mol. The van der Waals surface area contributed by atoms with E-state index in [1.54, 1.807) is 24.3 Å². The third-order valence-electron chi connectivity index (χ3n) is 4.51. The van der Waals surface area contributed by atoms with E-state index in [1.165, 1.54) is 0 Å². The van der Waals surface area contributed by atoms with Gasteiger partial charge in [-0.3, -0.25) is 0 Å². The molecule has 0 unspecified atom stereocenters. The van der Waals surface area contributed by atoms with E-state index in [-0.39, 0.29) is 0 Å². The molecule has 0 saturated carbocycles. The van der Waals surface area contributed by atoms with Gasteiger partial charge in [-0.15, -0.1) is 0 Å². The van der Waals surface area contributed by atoms with Gasteiger partial charge in [-0.05, 0) is 34.2 Å². The van der Waals surface area contributed by atoms with Crippen LogP contribution in [0.15, 0.2) is 78.9 Å². The smallest absolute Gasteiger partial charge is 0.423 e. The Labute approximate surface area is 159 Å². The van der Waals surface area contributed by atoms with Crippen molar-refractivity contribution in [2.75, 3.05) is 4.90 Å². The minimum atomic E-state index is -1.55. The van der Waals surface area contributed by atoms with Crippen molar-refractivity contribution < 1.29 is 20.1 Å². The average Bonchev–Trinajstić information content (AvgIpc) is 2.68. The summed E-state index contributed by atoms with van der Waals surface area (Å²) in [5.74, 6) is 0. The average molecular weight is 361 g/mol. The molecule has 3 aromatic rings. The van der Waals surface area contributed by atoms with Gasteiger partial charge in [0.1, 0.15) is 0 Å². The molecule has 0 fully saturated rings. The van der Waals surface area contributed by atoms with Gasteiger partial charge < -0.3 is 25.0 Å². The van der Waals surface area contributed by atoms with Gasteiger partial charge in [0.15, 0.2) is 0 Å². The molecule has 3 rings (SSSR count). The highest BCUT2D eigenvalue weighted by Gasteiger charge is 2.20. The number of para-hydroxylation sites is 1. The van der Waals surface area contributed by atoms with Gasteiger partial charge >= 0.3 is 14.2 Å². The summed E-state index contributed by atoms with van der Waals surface area (Å²) in [6.45, 7) is 0.876. The van der Waals surface area contributed by atoms with E-state index in [0.29, 0.717) is 24.0 Å². The first kappa shape index (κ1) is 19.2. The van der Waals surface area contributed by atoms with Crippen LogP contribution in [-0.4, -0.2) is 34.3 Å². The Morgan fingerprint density at radius 2 is 0.963 bits per heavy atom. The highest BCUT2D eigenvalue weighted by atomic mass is 16.4. The van der Waals surface area contributed by atoms with Crippen LogP contribution in [0.25, 0.3) is 0 Å². The summed E-state index contributed by atoms with van der Waals surface area (Å²) < 4.78 is 0. The van der Waals surface area contributed by atoms with Crippen molar-refractivity contribution in [1.29, 1.82) is 0 Å². The minimum Gasteiger partial charge on any atom is -0.423 e. The van der Waals surface area contributed by atoms with Crippen molar-refractivity contribution in [2.24, 2.45) is 0 Å². The number of anilines is 1. The highest BCUT2D eigenvalue weighted by Crippen LogP contribution is 2.19. The molecule has 0 radical (unpaired) electrons. The zero-order chi connectivity index (χ0) is 19.2. The van der Waals surface area contributed by atoms with Crippen molar-refractivity contribution in [1.82, 2.24) is 0 Å². The summed E-state index contributed by atoms with van der Waals surface area (Å²) in [6.07, 6.45) is 0. The molecule has 0 amide bonds. The topological polar surface area (TPSA) is 84.2 Å². The van der Waals surface area contributed by atoms with Gasteiger partial charge in [-0.25, -0.2) is 0 Å². The minimum absolute atomic E-state index is 0.438. The quantitative estimate of drug-likeness (QED) is 0.454. The summed E-state index contributed by atoms with van der Waals surface area (Å²) in [4.78, 5) is 2.06. The van der Waals surface area contributed by atoms with Crippen LogP contribution in [0.5, 0.6) is 0 Å². The fraction of sp³-hybridized carbons (Fsp3) is 0.100. The van der Waals surface area contributed by atoms with Crippen LogP contribution in [0.4, 0.5) is 5.69 Å². The Bertz CT molecular complexity index is 821. The molecule has 136 valence electrons. The zero-order valence-electron chi connectivity index (χ0n) is 14.8. The SMILES string of the molecule is OB(O)c1ccccc1CN(Cc1ccccc1B(O)O)c1ccccc1. The van der Waals surface area contributed by atoms with Crippen LogP contribution in [-0.2, 0) is 13.1 Å². The first-order chi connectivity index (χ1) is 13.1. The molecule has 4 N–H and O–H groups in total. The lowest BCUT2D eigenvalue weighted by Crippen LogP contribution is -2.38. The second-order valence-electron chi connectivity index (χ2n) is 6.34. The van der Waals surface area contributed by atoms with E-state index in [2.05, 4.69) is 4.90 Å². The number of hydrogen-bond donors (Lipinski definition) is 4. The largest absolute Gasteiger partial charge is 0.488 e. The van der Waals surface area contributed by atoms with E-state index in [4.69, 9.17) is 0 Å². The molecule has 0 aromatic heterocycles. The Hall–Kier alpha value is -2.57. The molecule has 0 aliphatic carbocycles. The van der Waals surface area contributed by atoms with Crippen LogP contribution in [0, 0.1) is 0 Å². The molecular formula is C20H21B2NO4. The monoisotopic (exact) mass is 361 g/mol. The first-order valence-electron chi connectivity index (χ1n) is 8.74. The zero-order valence-corrected chi connectivity index (χ0v) is 14.8. The number of rotatable bonds is 7. The van der Waals surface area contributed by atoms with Crippen molar-refractivity contribution >= 4 is 30.8 Å². The molecule has 0 heterocycles. The van der Waals surface area contributed by atoms with Crippen molar-refractivity contribution in [3.8, 4) is 0 Å². The van der Waals surface area contributed by atoms with Crippen LogP contribution in [0.2, 0.25) is 0 Å². The molecular weight excluding hydrogens is 340 g/mol. The Balaban J connectivity index is 1.97. The van der Waals surface area contributed by atoms with Gasteiger partial charge in [0.2, 0.25) is 0 Å². The van der Waals surface area contributed by atoms with Crippen molar-refractivity contribution in [3.05, 3.63) is 90.0 Å². The lowest BCUT2D eigenvalue weighted by molar-refractivity contribution is 0.424. The number of hydrogen-bond acceptors (Lipinski definition) is 5. The molecule has 0 bridgehead atoms. The fourth-order valence-corrected chi connectivity index (χ4v) is 3.15. The summed E-state index contributed by atoms with van der Waals surface area (Å²) in [5.41, 5.74) is 3.43. The molecule has 3 aromatic carbocycles. The maximum absolute atomic E-state index is 9.67. The van der Waals surface area contributed by atoms with Gasteiger partial charge in [0.25, 0.3) is 0 Å². The van der Waals surface area contributed by atoms with Crippen LogP contribution in [0.3, 0.4) is 0 Å². The Morgan fingerprint density at radius 1 is 0.556 bits per heavy atom. The molecule has 27 heavy (non-hydrogen) atoms. The van der Waals surface area contributed by atoms with E-state index >= 15 is 0 Å². The predicted octanol–water partition coefficient (Wildman–Crippen LogP) is 0.253.